The van der Waals surface area contributed by atoms with E-state index in [1.54, 1.807) is 54.7 Å². The van der Waals surface area contributed by atoms with Gasteiger partial charge in [-0.3, -0.25) is 4.72 Å². The molecule has 40 heavy (non-hydrogen) atoms. The van der Waals surface area contributed by atoms with Crippen molar-refractivity contribution in [1.29, 1.82) is 0 Å². The van der Waals surface area contributed by atoms with Gasteiger partial charge in [-0.2, -0.15) is 0 Å². The molecule has 2 aromatic carbocycles. The van der Waals surface area contributed by atoms with Gasteiger partial charge in [0.1, 0.15) is 0 Å². The highest BCUT2D eigenvalue weighted by atomic mass is 35.5. The molecule has 13 heteroatoms. The van der Waals surface area contributed by atoms with Crippen molar-refractivity contribution in [3.63, 3.8) is 0 Å². The van der Waals surface area contributed by atoms with Crippen LogP contribution >= 0.6 is 12.4 Å². The van der Waals surface area contributed by atoms with Gasteiger partial charge in [0, 0.05) is 37.1 Å². The SMILES string of the molecule is Cl.O=S(=O)(Cc1ccccc1)Nc1cc(F)c(Oc2ncccc2-c2ccnc(N[C@H]3CCCNC3)n2)cc1F. The van der Waals surface area contributed by atoms with Crippen molar-refractivity contribution in [2.45, 2.75) is 24.6 Å². The highest BCUT2D eigenvalue weighted by Gasteiger charge is 2.20. The van der Waals surface area contributed by atoms with E-state index in [1.165, 1.54) is 6.20 Å². The fourth-order valence-corrected chi connectivity index (χ4v) is 5.38. The van der Waals surface area contributed by atoms with Crippen LogP contribution in [-0.4, -0.2) is 42.5 Å². The van der Waals surface area contributed by atoms with Crippen molar-refractivity contribution in [2.24, 2.45) is 0 Å². The van der Waals surface area contributed by atoms with Gasteiger partial charge in [-0.1, -0.05) is 30.3 Å². The van der Waals surface area contributed by atoms with Gasteiger partial charge in [0.15, 0.2) is 17.4 Å². The molecular formula is C27H27ClF2N6O3S. The third-order valence-corrected chi connectivity index (χ3v) is 7.27. The number of anilines is 2. The molecule has 1 saturated heterocycles. The maximum Gasteiger partial charge on any atom is 0.237 e. The Morgan fingerprint density at radius 3 is 2.60 bits per heavy atom. The first-order chi connectivity index (χ1) is 18.9. The zero-order valence-corrected chi connectivity index (χ0v) is 22.8. The second-order valence-electron chi connectivity index (χ2n) is 9.02. The van der Waals surface area contributed by atoms with Gasteiger partial charge < -0.3 is 15.4 Å². The summed E-state index contributed by atoms with van der Waals surface area (Å²) in [6.45, 7) is 1.78. The van der Waals surface area contributed by atoms with Crippen molar-refractivity contribution in [1.82, 2.24) is 20.3 Å². The Balaban J connectivity index is 0.00000370. The standard InChI is InChI=1S/C27H26F2N6O3S.ClH/c28-21-15-25(22(29)14-24(21)35-39(36,37)17-18-6-2-1-3-7-18)38-26-20(9-5-12-31-26)23-10-13-32-27(34-23)33-19-8-4-11-30-16-19;/h1-3,5-7,9-10,12-15,19,30,35H,4,8,11,16-17H2,(H,32,33,34);1H/t19-;/m0./s1. The van der Waals surface area contributed by atoms with E-state index in [0.717, 1.165) is 38.1 Å². The van der Waals surface area contributed by atoms with Gasteiger partial charge in [0.25, 0.3) is 0 Å². The lowest BCUT2D eigenvalue weighted by molar-refractivity contribution is 0.424. The summed E-state index contributed by atoms with van der Waals surface area (Å²) in [6.07, 6.45) is 5.08. The number of pyridine rings is 1. The van der Waals surface area contributed by atoms with E-state index in [9.17, 15) is 17.2 Å². The minimum atomic E-state index is -3.99. The molecule has 2 aromatic heterocycles. The largest absolute Gasteiger partial charge is 0.435 e. The first kappa shape index (κ1) is 29.1. The molecular weight excluding hydrogens is 562 g/mol. The summed E-state index contributed by atoms with van der Waals surface area (Å²) >= 11 is 0. The maximum absolute atomic E-state index is 15.0. The Hall–Kier alpha value is -3.87. The van der Waals surface area contributed by atoms with Gasteiger partial charge in [0.05, 0.1) is 22.7 Å². The quantitative estimate of drug-likeness (QED) is 0.246. The molecule has 0 radical (unpaired) electrons. The Bertz CT molecular complexity index is 1560. The molecule has 210 valence electrons. The number of sulfonamides is 1. The molecule has 0 amide bonds. The van der Waals surface area contributed by atoms with Crippen LogP contribution in [0.15, 0.2) is 73.1 Å². The number of aromatic nitrogens is 3. The van der Waals surface area contributed by atoms with Crippen LogP contribution in [0.25, 0.3) is 11.3 Å². The Kier molecular flexibility index (Phi) is 9.46. The lowest BCUT2D eigenvalue weighted by Crippen LogP contribution is -2.38. The number of piperidine rings is 1. The second-order valence-corrected chi connectivity index (χ2v) is 10.7. The summed E-state index contributed by atoms with van der Waals surface area (Å²) in [5.41, 5.74) is 0.899. The van der Waals surface area contributed by atoms with E-state index in [4.69, 9.17) is 4.74 Å². The molecule has 0 bridgehead atoms. The normalized spacial score (nSPS) is 15.1. The number of nitrogens with one attached hydrogen (secondary N) is 3. The van der Waals surface area contributed by atoms with E-state index in [0.29, 0.717) is 22.8 Å². The Morgan fingerprint density at radius 1 is 1.00 bits per heavy atom. The number of halogens is 3. The van der Waals surface area contributed by atoms with E-state index < -0.39 is 38.8 Å². The van der Waals surface area contributed by atoms with Crippen LogP contribution in [0.3, 0.4) is 0 Å². The highest BCUT2D eigenvalue weighted by Crippen LogP contribution is 2.34. The van der Waals surface area contributed by atoms with Crippen LogP contribution in [0.1, 0.15) is 18.4 Å². The molecule has 0 spiro atoms. The minimum absolute atomic E-state index is 0. The monoisotopic (exact) mass is 588 g/mol. The Morgan fingerprint density at radius 2 is 1.82 bits per heavy atom. The lowest BCUT2D eigenvalue weighted by Gasteiger charge is -2.23. The topological polar surface area (TPSA) is 118 Å². The predicted octanol–water partition coefficient (Wildman–Crippen LogP) is 5.14. The van der Waals surface area contributed by atoms with Gasteiger partial charge in [-0.15, -0.1) is 12.4 Å². The van der Waals surface area contributed by atoms with Gasteiger partial charge in [0.2, 0.25) is 21.9 Å². The first-order valence-corrected chi connectivity index (χ1v) is 14.0. The van der Waals surface area contributed by atoms with Crippen LogP contribution in [0.4, 0.5) is 20.4 Å². The molecule has 3 N–H and O–H groups in total. The van der Waals surface area contributed by atoms with Gasteiger partial charge in [-0.05, 0) is 43.1 Å². The molecule has 0 saturated carbocycles. The number of hydrogen-bond donors (Lipinski definition) is 3. The molecule has 1 atom stereocenters. The van der Waals surface area contributed by atoms with Crippen LogP contribution in [-0.2, 0) is 15.8 Å². The maximum atomic E-state index is 15.0. The zero-order valence-electron chi connectivity index (χ0n) is 21.2. The molecule has 0 unspecified atom stereocenters. The van der Waals surface area contributed by atoms with Crippen LogP contribution in [0, 0.1) is 11.6 Å². The highest BCUT2D eigenvalue weighted by molar-refractivity contribution is 7.91. The summed E-state index contributed by atoms with van der Waals surface area (Å²) in [5, 5.41) is 6.63. The molecule has 9 nitrogen and oxygen atoms in total. The molecule has 1 aliphatic rings. The molecule has 3 heterocycles. The van der Waals surface area contributed by atoms with E-state index in [1.807, 2.05) is 0 Å². The molecule has 1 aliphatic heterocycles. The summed E-state index contributed by atoms with van der Waals surface area (Å²) in [5.74, 6) is -2.40. The molecule has 1 fully saturated rings. The van der Waals surface area contributed by atoms with Crippen LogP contribution < -0.4 is 20.1 Å². The number of hydrogen-bond acceptors (Lipinski definition) is 8. The van der Waals surface area contributed by atoms with Crippen molar-refractivity contribution < 1.29 is 21.9 Å². The van der Waals surface area contributed by atoms with E-state index in [-0.39, 0.29) is 24.3 Å². The summed E-state index contributed by atoms with van der Waals surface area (Å²) in [4.78, 5) is 13.0. The Labute approximate surface area is 236 Å². The van der Waals surface area contributed by atoms with E-state index in [2.05, 4.69) is 30.3 Å². The number of nitrogens with zero attached hydrogens (tertiary/aromatic N) is 3. The summed E-state index contributed by atoms with van der Waals surface area (Å²) < 4.78 is 62.6. The third-order valence-electron chi connectivity index (χ3n) is 6.03. The minimum Gasteiger partial charge on any atom is -0.435 e. The van der Waals surface area contributed by atoms with Crippen molar-refractivity contribution >= 4 is 34.1 Å². The molecule has 5 rings (SSSR count). The lowest BCUT2D eigenvalue weighted by atomic mass is 10.1. The number of ether oxygens (including phenoxy) is 1. The fourth-order valence-electron chi connectivity index (χ4n) is 4.19. The summed E-state index contributed by atoms with van der Waals surface area (Å²) in [7, 11) is -3.99. The average Bonchev–Trinajstić information content (AvgIpc) is 2.93. The number of benzene rings is 2. The van der Waals surface area contributed by atoms with Crippen LogP contribution in [0.2, 0.25) is 0 Å². The van der Waals surface area contributed by atoms with Gasteiger partial charge >= 0.3 is 0 Å². The first-order valence-electron chi connectivity index (χ1n) is 12.3. The predicted molar refractivity (Wildman–Crippen MR) is 151 cm³/mol. The van der Waals surface area contributed by atoms with Gasteiger partial charge in [-0.25, -0.2) is 32.2 Å². The molecule has 0 aliphatic carbocycles. The van der Waals surface area contributed by atoms with Crippen molar-refractivity contribution in [3.05, 3.63) is 90.3 Å². The average molecular weight is 589 g/mol. The number of rotatable bonds is 9. The zero-order chi connectivity index (χ0) is 27.2. The fraction of sp³-hybridized carbons (Fsp3) is 0.222. The summed E-state index contributed by atoms with van der Waals surface area (Å²) in [6, 6.07) is 15.1. The second kappa shape index (κ2) is 13.0. The smallest absolute Gasteiger partial charge is 0.237 e. The van der Waals surface area contributed by atoms with Crippen molar-refractivity contribution in [2.75, 3.05) is 23.1 Å². The molecule has 4 aromatic rings. The van der Waals surface area contributed by atoms with E-state index >= 15 is 0 Å². The van der Waals surface area contributed by atoms with Crippen molar-refractivity contribution in [3.8, 4) is 22.9 Å². The third kappa shape index (κ3) is 7.40. The van der Waals surface area contributed by atoms with Crippen LogP contribution in [0.5, 0.6) is 11.6 Å².